The zero-order chi connectivity index (χ0) is 14.3. The van der Waals surface area contributed by atoms with Gasteiger partial charge in [-0.05, 0) is 23.5 Å². The minimum absolute atomic E-state index is 0.0209. The molecule has 3 heteroatoms. The molecule has 1 amide bonds. The molecular formula is C16H22N2O. The van der Waals surface area contributed by atoms with E-state index in [1.165, 1.54) is 5.56 Å². The maximum Gasteiger partial charge on any atom is 0.223 e. The normalized spacial score (nSPS) is 11.7. The van der Waals surface area contributed by atoms with Gasteiger partial charge in [-0.2, -0.15) is 5.26 Å². The molecule has 1 atom stereocenters. The summed E-state index contributed by atoms with van der Waals surface area (Å²) in [5, 5.41) is 8.47. The second-order valence-electron chi connectivity index (χ2n) is 4.96. The van der Waals surface area contributed by atoms with Crippen LogP contribution in [0.15, 0.2) is 24.3 Å². The van der Waals surface area contributed by atoms with Crippen LogP contribution in [0.2, 0.25) is 0 Å². The maximum atomic E-state index is 11.7. The van der Waals surface area contributed by atoms with Crippen molar-refractivity contribution in [1.82, 2.24) is 4.90 Å². The zero-order valence-corrected chi connectivity index (χ0v) is 12.0. The lowest BCUT2D eigenvalue weighted by molar-refractivity contribution is -0.130. The Kier molecular flexibility index (Phi) is 6.08. The highest BCUT2D eigenvalue weighted by molar-refractivity contribution is 5.76. The van der Waals surface area contributed by atoms with Crippen LogP contribution >= 0.6 is 0 Å². The molecule has 3 nitrogen and oxygen atoms in total. The Balaban J connectivity index is 2.58. The van der Waals surface area contributed by atoms with E-state index in [0.29, 0.717) is 18.9 Å². The highest BCUT2D eigenvalue weighted by atomic mass is 16.2. The van der Waals surface area contributed by atoms with E-state index in [-0.39, 0.29) is 12.3 Å². The molecule has 0 saturated carbocycles. The number of amides is 1. The fraction of sp³-hybridized carbons (Fsp3) is 0.500. The van der Waals surface area contributed by atoms with Crippen molar-refractivity contribution in [3.05, 3.63) is 35.4 Å². The summed E-state index contributed by atoms with van der Waals surface area (Å²) < 4.78 is 0. The molecule has 0 N–H and O–H groups in total. The Labute approximate surface area is 115 Å². The van der Waals surface area contributed by atoms with Crippen LogP contribution in [0.25, 0.3) is 0 Å². The first kappa shape index (κ1) is 15.2. The van der Waals surface area contributed by atoms with Crippen molar-refractivity contribution in [3.63, 3.8) is 0 Å². The largest absolute Gasteiger partial charge is 0.341 e. The van der Waals surface area contributed by atoms with E-state index < -0.39 is 0 Å². The van der Waals surface area contributed by atoms with Crippen LogP contribution in [0.1, 0.15) is 50.2 Å². The molecule has 102 valence electrons. The van der Waals surface area contributed by atoms with Gasteiger partial charge in [0.05, 0.1) is 6.07 Å². The molecule has 0 spiro atoms. The molecule has 0 radical (unpaired) electrons. The topological polar surface area (TPSA) is 44.1 Å². The number of rotatable bonds is 6. The lowest BCUT2D eigenvalue weighted by atomic mass is 9.97. The van der Waals surface area contributed by atoms with Crippen molar-refractivity contribution in [2.45, 2.75) is 45.6 Å². The van der Waals surface area contributed by atoms with Crippen molar-refractivity contribution < 1.29 is 4.79 Å². The molecule has 1 aromatic carbocycles. The first-order chi connectivity index (χ1) is 9.08. The lowest BCUT2D eigenvalue weighted by Crippen LogP contribution is -2.25. The number of hydrogen-bond acceptors (Lipinski definition) is 2. The summed E-state index contributed by atoms with van der Waals surface area (Å²) in [6.45, 7) is 5.00. The molecule has 0 aliphatic rings. The van der Waals surface area contributed by atoms with Gasteiger partial charge in [-0.15, -0.1) is 0 Å². The molecule has 0 saturated heterocycles. The molecule has 1 aromatic rings. The third-order valence-electron chi connectivity index (χ3n) is 3.46. The number of nitriles is 1. The van der Waals surface area contributed by atoms with Crippen LogP contribution in [-0.4, -0.2) is 17.9 Å². The Hall–Kier alpha value is -1.82. The van der Waals surface area contributed by atoms with E-state index in [1.807, 2.05) is 6.07 Å². The predicted molar refractivity (Wildman–Crippen MR) is 76.5 cm³/mol. The smallest absolute Gasteiger partial charge is 0.223 e. The van der Waals surface area contributed by atoms with Gasteiger partial charge < -0.3 is 4.90 Å². The van der Waals surface area contributed by atoms with Gasteiger partial charge in [-0.1, -0.05) is 38.1 Å². The Morgan fingerprint density at radius 3 is 2.53 bits per heavy atom. The molecule has 19 heavy (non-hydrogen) atoms. The Morgan fingerprint density at radius 2 is 2.00 bits per heavy atom. The van der Waals surface area contributed by atoms with Crippen molar-refractivity contribution in [3.8, 4) is 6.07 Å². The van der Waals surface area contributed by atoms with Crippen molar-refractivity contribution in [2.75, 3.05) is 7.05 Å². The van der Waals surface area contributed by atoms with Crippen LogP contribution in [0.5, 0.6) is 0 Å². The monoisotopic (exact) mass is 258 g/mol. The SMILES string of the molecule is CCC(C)c1ccc(CN(C)C(=O)CCC#N)cc1. The van der Waals surface area contributed by atoms with Crippen LogP contribution < -0.4 is 0 Å². The number of benzene rings is 1. The van der Waals surface area contributed by atoms with Gasteiger partial charge in [0.15, 0.2) is 0 Å². The third kappa shape index (κ3) is 4.75. The van der Waals surface area contributed by atoms with Gasteiger partial charge >= 0.3 is 0 Å². The highest BCUT2D eigenvalue weighted by Crippen LogP contribution is 2.19. The number of carbonyl (C=O) groups excluding carboxylic acids is 1. The fourth-order valence-corrected chi connectivity index (χ4v) is 1.90. The van der Waals surface area contributed by atoms with E-state index >= 15 is 0 Å². The van der Waals surface area contributed by atoms with Gasteiger partial charge in [0, 0.05) is 26.4 Å². The predicted octanol–water partition coefficient (Wildman–Crippen LogP) is 3.46. The summed E-state index contributed by atoms with van der Waals surface area (Å²) in [6, 6.07) is 10.4. The van der Waals surface area contributed by atoms with Gasteiger partial charge in [-0.25, -0.2) is 0 Å². The first-order valence-corrected chi connectivity index (χ1v) is 6.78. The molecule has 0 aliphatic heterocycles. The second-order valence-corrected chi connectivity index (χ2v) is 4.96. The summed E-state index contributed by atoms with van der Waals surface area (Å²) in [6.07, 6.45) is 1.72. The quantitative estimate of drug-likeness (QED) is 0.784. The van der Waals surface area contributed by atoms with Crippen molar-refractivity contribution >= 4 is 5.91 Å². The average molecular weight is 258 g/mol. The minimum atomic E-state index is 0.0209. The van der Waals surface area contributed by atoms with E-state index in [9.17, 15) is 4.79 Å². The van der Waals surface area contributed by atoms with Gasteiger partial charge in [-0.3, -0.25) is 4.79 Å². The first-order valence-electron chi connectivity index (χ1n) is 6.78. The molecule has 1 unspecified atom stereocenters. The Morgan fingerprint density at radius 1 is 1.37 bits per heavy atom. The maximum absolute atomic E-state index is 11.7. The second kappa shape index (κ2) is 7.58. The van der Waals surface area contributed by atoms with Gasteiger partial charge in [0.1, 0.15) is 0 Å². The van der Waals surface area contributed by atoms with E-state index in [0.717, 1.165) is 12.0 Å². The summed E-state index contributed by atoms with van der Waals surface area (Å²) in [7, 11) is 1.78. The highest BCUT2D eigenvalue weighted by Gasteiger charge is 2.09. The molecule has 0 heterocycles. The van der Waals surface area contributed by atoms with Gasteiger partial charge in [0.25, 0.3) is 0 Å². The summed E-state index contributed by atoms with van der Waals surface area (Å²) in [5.41, 5.74) is 2.46. The Bertz CT molecular complexity index is 445. The number of nitrogens with zero attached hydrogens (tertiary/aromatic N) is 2. The van der Waals surface area contributed by atoms with Crippen LogP contribution in [0.4, 0.5) is 0 Å². The average Bonchev–Trinajstić information content (AvgIpc) is 2.44. The third-order valence-corrected chi connectivity index (χ3v) is 3.46. The lowest BCUT2D eigenvalue weighted by Gasteiger charge is -2.17. The summed E-state index contributed by atoms with van der Waals surface area (Å²) in [4.78, 5) is 13.4. The summed E-state index contributed by atoms with van der Waals surface area (Å²) >= 11 is 0. The van der Waals surface area contributed by atoms with Crippen LogP contribution in [-0.2, 0) is 11.3 Å². The van der Waals surface area contributed by atoms with Crippen molar-refractivity contribution in [1.29, 1.82) is 5.26 Å². The number of hydrogen-bond donors (Lipinski definition) is 0. The van der Waals surface area contributed by atoms with Gasteiger partial charge in [0.2, 0.25) is 5.91 Å². The number of carbonyl (C=O) groups is 1. The standard InChI is InChI=1S/C16H22N2O/c1-4-13(2)15-9-7-14(8-10-15)12-18(3)16(19)6-5-11-17/h7-10,13H,4-6,12H2,1-3H3. The fourth-order valence-electron chi connectivity index (χ4n) is 1.90. The molecule has 0 aromatic heterocycles. The molecule has 0 aliphatic carbocycles. The van der Waals surface area contributed by atoms with E-state index in [1.54, 1.807) is 11.9 Å². The van der Waals surface area contributed by atoms with E-state index in [4.69, 9.17) is 5.26 Å². The molecular weight excluding hydrogens is 236 g/mol. The molecule has 1 rings (SSSR count). The van der Waals surface area contributed by atoms with Crippen molar-refractivity contribution in [2.24, 2.45) is 0 Å². The van der Waals surface area contributed by atoms with Crippen LogP contribution in [0.3, 0.4) is 0 Å². The molecule has 0 fully saturated rings. The van der Waals surface area contributed by atoms with E-state index in [2.05, 4.69) is 38.1 Å². The van der Waals surface area contributed by atoms with Crippen LogP contribution in [0, 0.1) is 11.3 Å². The molecule has 0 bridgehead atoms. The minimum Gasteiger partial charge on any atom is -0.341 e. The zero-order valence-electron chi connectivity index (χ0n) is 12.0. The summed E-state index contributed by atoms with van der Waals surface area (Å²) in [5.74, 6) is 0.594.